The highest BCUT2D eigenvalue weighted by Gasteiger charge is 2.22. The molecule has 0 bridgehead atoms. The summed E-state index contributed by atoms with van der Waals surface area (Å²) in [6.45, 7) is 3.12. The predicted molar refractivity (Wildman–Crippen MR) is 86.8 cm³/mol. The van der Waals surface area contributed by atoms with Crippen LogP contribution in [0.3, 0.4) is 0 Å². The van der Waals surface area contributed by atoms with Crippen LogP contribution in [-0.2, 0) is 11.3 Å². The van der Waals surface area contributed by atoms with E-state index < -0.39 is 0 Å². The van der Waals surface area contributed by atoms with Gasteiger partial charge < -0.3 is 9.72 Å². The molecule has 3 rings (SSSR count). The number of benzene rings is 1. The average Bonchev–Trinajstić information content (AvgIpc) is 2.43. The van der Waals surface area contributed by atoms with E-state index in [4.69, 9.17) is 17.0 Å². The van der Waals surface area contributed by atoms with E-state index in [2.05, 4.69) is 34.2 Å². The minimum absolute atomic E-state index is 0.472. The summed E-state index contributed by atoms with van der Waals surface area (Å²) in [6, 6.07) is 10.5. The van der Waals surface area contributed by atoms with Crippen LogP contribution in [0.1, 0.15) is 43.5 Å². The highest BCUT2D eigenvalue weighted by molar-refractivity contribution is 7.71. The molecule has 1 aromatic carbocycles. The summed E-state index contributed by atoms with van der Waals surface area (Å²) in [6.07, 6.45) is 3.91. The van der Waals surface area contributed by atoms with Crippen molar-refractivity contribution in [2.24, 2.45) is 0 Å². The molecule has 0 spiro atoms. The molecule has 2 aromatic rings. The van der Waals surface area contributed by atoms with Crippen LogP contribution in [0.4, 0.5) is 0 Å². The minimum atomic E-state index is 0.472. The first kappa shape index (κ1) is 14.4. The Morgan fingerprint density at radius 2 is 2.14 bits per heavy atom. The van der Waals surface area contributed by atoms with Crippen molar-refractivity contribution in [3.05, 3.63) is 46.4 Å². The Hall–Kier alpha value is -1.52. The van der Waals surface area contributed by atoms with Gasteiger partial charge in [-0.05, 0) is 37.3 Å². The van der Waals surface area contributed by atoms with Gasteiger partial charge in [0.25, 0.3) is 0 Å². The van der Waals surface area contributed by atoms with Gasteiger partial charge in [0, 0.05) is 12.2 Å². The lowest BCUT2D eigenvalue weighted by atomic mass is 9.78. The standard InChI is InChI=1S/C17H20N2OS/c1-2-20-11-16-18-15(10-17(21)19-16)14-9-4-3-8-13(14)12-6-5-7-12/h3-4,8-10,12H,2,5-7,11H2,1H3,(H,18,19,21). The van der Waals surface area contributed by atoms with Gasteiger partial charge in [0.15, 0.2) is 0 Å². The summed E-state index contributed by atoms with van der Waals surface area (Å²) >= 11 is 5.30. The Kier molecular flexibility index (Phi) is 4.46. The van der Waals surface area contributed by atoms with Crippen molar-refractivity contribution in [2.45, 2.75) is 38.7 Å². The summed E-state index contributed by atoms with van der Waals surface area (Å²) in [5, 5.41) is 0. The van der Waals surface area contributed by atoms with Crippen LogP contribution < -0.4 is 0 Å². The molecule has 0 unspecified atom stereocenters. The first-order valence-corrected chi connectivity index (χ1v) is 7.96. The van der Waals surface area contributed by atoms with Gasteiger partial charge in [0.05, 0.1) is 5.69 Å². The van der Waals surface area contributed by atoms with E-state index in [1.54, 1.807) is 0 Å². The summed E-state index contributed by atoms with van der Waals surface area (Å²) in [7, 11) is 0. The lowest BCUT2D eigenvalue weighted by molar-refractivity contribution is 0.128. The first-order chi connectivity index (χ1) is 10.3. The third-order valence-electron chi connectivity index (χ3n) is 4.03. The minimum Gasteiger partial charge on any atom is -0.374 e. The fourth-order valence-corrected chi connectivity index (χ4v) is 2.97. The smallest absolute Gasteiger partial charge is 0.134 e. The van der Waals surface area contributed by atoms with Gasteiger partial charge >= 0.3 is 0 Å². The van der Waals surface area contributed by atoms with Crippen molar-refractivity contribution in [3.8, 4) is 11.3 Å². The van der Waals surface area contributed by atoms with Gasteiger partial charge in [-0.1, -0.05) is 42.9 Å². The van der Waals surface area contributed by atoms with Crippen molar-refractivity contribution < 1.29 is 4.74 Å². The third-order valence-corrected chi connectivity index (χ3v) is 4.24. The van der Waals surface area contributed by atoms with Gasteiger partial charge in [-0.25, -0.2) is 4.98 Å². The van der Waals surface area contributed by atoms with E-state index in [-0.39, 0.29) is 0 Å². The van der Waals surface area contributed by atoms with Crippen LogP contribution in [0.2, 0.25) is 0 Å². The number of nitrogens with zero attached hydrogens (tertiary/aromatic N) is 1. The molecule has 4 heteroatoms. The largest absolute Gasteiger partial charge is 0.374 e. The second-order valence-corrected chi connectivity index (χ2v) is 5.85. The Balaban J connectivity index is 2.00. The van der Waals surface area contributed by atoms with Crippen molar-refractivity contribution in [3.63, 3.8) is 0 Å². The molecular formula is C17H20N2OS. The first-order valence-electron chi connectivity index (χ1n) is 7.55. The Bertz CT molecular complexity index is 676. The van der Waals surface area contributed by atoms with E-state index in [0.717, 1.165) is 11.5 Å². The quantitative estimate of drug-likeness (QED) is 0.819. The van der Waals surface area contributed by atoms with Crippen LogP contribution in [0, 0.1) is 4.64 Å². The van der Waals surface area contributed by atoms with Crippen LogP contribution in [0.5, 0.6) is 0 Å². The Labute approximate surface area is 130 Å². The van der Waals surface area contributed by atoms with E-state index >= 15 is 0 Å². The van der Waals surface area contributed by atoms with Gasteiger partial charge in [-0.3, -0.25) is 0 Å². The van der Waals surface area contributed by atoms with Crippen LogP contribution in [-0.4, -0.2) is 16.6 Å². The molecule has 1 aliphatic carbocycles. The van der Waals surface area contributed by atoms with Gasteiger partial charge in [0.2, 0.25) is 0 Å². The molecule has 1 aliphatic rings. The van der Waals surface area contributed by atoms with Crippen molar-refractivity contribution in [1.29, 1.82) is 0 Å². The molecule has 1 aromatic heterocycles. The maximum absolute atomic E-state index is 5.44. The zero-order chi connectivity index (χ0) is 14.7. The maximum atomic E-state index is 5.44. The van der Waals surface area contributed by atoms with Crippen LogP contribution in [0.15, 0.2) is 30.3 Å². The molecule has 3 nitrogen and oxygen atoms in total. The second-order valence-electron chi connectivity index (χ2n) is 5.43. The molecule has 0 aliphatic heterocycles. The number of aromatic nitrogens is 2. The van der Waals surface area contributed by atoms with E-state index in [0.29, 0.717) is 23.8 Å². The normalized spacial score (nSPS) is 14.9. The molecule has 21 heavy (non-hydrogen) atoms. The summed E-state index contributed by atoms with van der Waals surface area (Å²) in [4.78, 5) is 7.72. The third kappa shape index (κ3) is 3.22. The van der Waals surface area contributed by atoms with E-state index in [1.165, 1.54) is 30.4 Å². The number of nitrogens with one attached hydrogen (secondary N) is 1. The van der Waals surface area contributed by atoms with Crippen molar-refractivity contribution in [2.75, 3.05) is 6.61 Å². The molecule has 1 N–H and O–H groups in total. The topological polar surface area (TPSA) is 37.9 Å². The highest BCUT2D eigenvalue weighted by Crippen LogP contribution is 2.40. The average molecular weight is 300 g/mol. The van der Waals surface area contributed by atoms with E-state index in [9.17, 15) is 0 Å². The number of aromatic amines is 1. The van der Waals surface area contributed by atoms with E-state index in [1.807, 2.05) is 13.0 Å². The highest BCUT2D eigenvalue weighted by atomic mass is 32.1. The van der Waals surface area contributed by atoms with Gasteiger partial charge in [-0.2, -0.15) is 0 Å². The fourth-order valence-electron chi connectivity index (χ4n) is 2.74. The lowest BCUT2D eigenvalue weighted by Crippen LogP contribution is -2.10. The molecule has 0 saturated heterocycles. The molecule has 0 amide bonds. The molecule has 110 valence electrons. The van der Waals surface area contributed by atoms with Crippen molar-refractivity contribution in [1.82, 2.24) is 9.97 Å². The Morgan fingerprint density at radius 1 is 1.33 bits per heavy atom. The predicted octanol–water partition coefficient (Wildman–Crippen LogP) is 4.61. The number of hydrogen-bond acceptors (Lipinski definition) is 3. The second kappa shape index (κ2) is 6.50. The number of rotatable bonds is 5. The fraction of sp³-hybridized carbons (Fsp3) is 0.412. The van der Waals surface area contributed by atoms with Gasteiger partial charge in [0.1, 0.15) is 17.1 Å². The molecule has 1 heterocycles. The SMILES string of the molecule is CCOCc1nc(=S)cc(-c2ccccc2C2CCC2)[nH]1. The molecular weight excluding hydrogens is 280 g/mol. The zero-order valence-corrected chi connectivity index (χ0v) is 13.1. The molecule has 0 radical (unpaired) electrons. The zero-order valence-electron chi connectivity index (χ0n) is 12.3. The van der Waals surface area contributed by atoms with Crippen LogP contribution >= 0.6 is 12.2 Å². The maximum Gasteiger partial charge on any atom is 0.134 e. The molecule has 1 fully saturated rings. The van der Waals surface area contributed by atoms with Gasteiger partial charge in [-0.15, -0.1) is 0 Å². The monoisotopic (exact) mass is 300 g/mol. The molecule has 1 saturated carbocycles. The number of ether oxygens (including phenoxy) is 1. The molecule has 0 atom stereocenters. The Morgan fingerprint density at radius 3 is 2.86 bits per heavy atom. The number of hydrogen-bond donors (Lipinski definition) is 1. The summed E-state index contributed by atoms with van der Waals surface area (Å²) in [5.41, 5.74) is 3.71. The lowest BCUT2D eigenvalue weighted by Gasteiger charge is -2.28. The van der Waals surface area contributed by atoms with Crippen molar-refractivity contribution >= 4 is 12.2 Å². The number of H-pyrrole nitrogens is 1. The summed E-state index contributed by atoms with van der Waals surface area (Å²) < 4.78 is 6.05. The summed E-state index contributed by atoms with van der Waals surface area (Å²) in [5.74, 6) is 1.48. The van der Waals surface area contributed by atoms with Crippen LogP contribution in [0.25, 0.3) is 11.3 Å².